The van der Waals surface area contributed by atoms with Crippen molar-refractivity contribution in [3.8, 4) is 0 Å². The van der Waals surface area contributed by atoms with Gasteiger partial charge in [0.1, 0.15) is 0 Å². The number of nitrogens with two attached hydrogens (primary N) is 1. The van der Waals surface area contributed by atoms with E-state index in [1.54, 1.807) is 24.3 Å². The lowest BCUT2D eigenvalue weighted by Gasteiger charge is -2.27. The highest BCUT2D eigenvalue weighted by Gasteiger charge is 2.20. The fourth-order valence-electron chi connectivity index (χ4n) is 2.14. The number of nitrogens with zero attached hydrogens (tertiary/aromatic N) is 3. The maximum absolute atomic E-state index is 12.3. The second-order valence-corrected chi connectivity index (χ2v) is 7.29. The Morgan fingerprint density at radius 3 is 2.59 bits per heavy atom. The molecular formula is C14H22N4O3S. The van der Waals surface area contributed by atoms with E-state index >= 15 is 0 Å². The van der Waals surface area contributed by atoms with Crippen molar-refractivity contribution in [1.29, 1.82) is 0 Å². The largest absolute Gasteiger partial charge is 0.378 e. The third-order valence-corrected chi connectivity index (χ3v) is 5.39. The summed E-state index contributed by atoms with van der Waals surface area (Å²) in [5.41, 5.74) is 6.61. The summed E-state index contributed by atoms with van der Waals surface area (Å²) in [5, 5.41) is 0. The van der Waals surface area contributed by atoms with Crippen molar-refractivity contribution in [2.45, 2.75) is 11.4 Å². The minimum absolute atomic E-state index is 0.229. The standard InChI is InChI=1S/C14H22N4O3S/c1-17(2)22(19,20)13-6-4-3-5-12(13)11-16-14(15)18-7-9-21-10-8-18/h3-6H,7-11H2,1-2H3,(H2,15,16). The van der Waals surface area contributed by atoms with E-state index in [-0.39, 0.29) is 11.4 Å². The Kier molecular flexibility index (Phi) is 5.38. The van der Waals surface area contributed by atoms with Gasteiger partial charge in [0.05, 0.1) is 24.7 Å². The van der Waals surface area contributed by atoms with Gasteiger partial charge in [-0.05, 0) is 11.6 Å². The second-order valence-electron chi connectivity index (χ2n) is 5.17. The zero-order valence-corrected chi connectivity index (χ0v) is 13.7. The number of benzene rings is 1. The highest BCUT2D eigenvalue weighted by Crippen LogP contribution is 2.19. The molecule has 22 heavy (non-hydrogen) atoms. The summed E-state index contributed by atoms with van der Waals surface area (Å²) in [6, 6.07) is 6.84. The normalized spacial score (nSPS) is 17.0. The molecule has 1 aliphatic heterocycles. The number of ether oxygens (including phenoxy) is 1. The molecule has 0 amide bonds. The van der Waals surface area contributed by atoms with Gasteiger partial charge in [-0.25, -0.2) is 17.7 Å². The zero-order chi connectivity index (χ0) is 16.2. The predicted molar refractivity (Wildman–Crippen MR) is 85.0 cm³/mol. The molecule has 1 saturated heterocycles. The maximum Gasteiger partial charge on any atom is 0.242 e. The molecule has 0 atom stereocenters. The van der Waals surface area contributed by atoms with Crippen LogP contribution in [0.5, 0.6) is 0 Å². The lowest BCUT2D eigenvalue weighted by Crippen LogP contribution is -2.44. The Bertz CT molecular complexity index is 637. The molecule has 0 saturated carbocycles. The van der Waals surface area contributed by atoms with Crippen LogP contribution in [-0.2, 0) is 21.3 Å². The maximum atomic E-state index is 12.3. The van der Waals surface area contributed by atoms with Gasteiger partial charge < -0.3 is 15.4 Å². The zero-order valence-electron chi connectivity index (χ0n) is 12.9. The van der Waals surface area contributed by atoms with Gasteiger partial charge >= 0.3 is 0 Å². The molecule has 122 valence electrons. The van der Waals surface area contributed by atoms with Crippen LogP contribution >= 0.6 is 0 Å². The first-order chi connectivity index (χ1) is 10.4. The molecule has 2 N–H and O–H groups in total. The average molecular weight is 326 g/mol. The summed E-state index contributed by atoms with van der Waals surface area (Å²) in [6.07, 6.45) is 0. The summed E-state index contributed by atoms with van der Waals surface area (Å²) < 4.78 is 31.1. The minimum atomic E-state index is -3.49. The molecule has 1 fully saturated rings. The predicted octanol–water partition coefficient (Wildman–Crippen LogP) is 0.0838. The SMILES string of the molecule is CN(C)S(=O)(=O)c1ccccc1CN=C(N)N1CCOCC1. The summed E-state index contributed by atoms with van der Waals surface area (Å²) in [6.45, 7) is 2.88. The first-order valence-electron chi connectivity index (χ1n) is 7.06. The summed E-state index contributed by atoms with van der Waals surface area (Å²) >= 11 is 0. The molecule has 1 aromatic carbocycles. The van der Waals surface area contributed by atoms with Crippen molar-refractivity contribution in [2.75, 3.05) is 40.4 Å². The van der Waals surface area contributed by atoms with Crippen molar-refractivity contribution in [3.05, 3.63) is 29.8 Å². The van der Waals surface area contributed by atoms with E-state index < -0.39 is 10.0 Å². The van der Waals surface area contributed by atoms with Crippen LogP contribution < -0.4 is 5.73 Å². The van der Waals surface area contributed by atoms with Crippen molar-refractivity contribution in [2.24, 2.45) is 10.7 Å². The molecular weight excluding hydrogens is 304 g/mol. The Balaban J connectivity index is 2.20. The smallest absolute Gasteiger partial charge is 0.242 e. The molecule has 8 heteroatoms. The van der Waals surface area contributed by atoms with Crippen LogP contribution in [0.3, 0.4) is 0 Å². The molecule has 0 bridgehead atoms. The second kappa shape index (κ2) is 7.08. The highest BCUT2D eigenvalue weighted by atomic mass is 32.2. The van der Waals surface area contributed by atoms with Gasteiger partial charge in [-0.1, -0.05) is 18.2 Å². The van der Waals surface area contributed by atoms with Gasteiger partial charge in [-0.2, -0.15) is 0 Å². The number of hydrogen-bond acceptors (Lipinski definition) is 4. The van der Waals surface area contributed by atoms with E-state index in [0.29, 0.717) is 37.8 Å². The van der Waals surface area contributed by atoms with E-state index in [2.05, 4.69) is 4.99 Å². The van der Waals surface area contributed by atoms with E-state index in [4.69, 9.17) is 10.5 Å². The third kappa shape index (κ3) is 3.76. The molecule has 2 rings (SSSR count). The Morgan fingerprint density at radius 1 is 1.32 bits per heavy atom. The van der Waals surface area contributed by atoms with Crippen LogP contribution in [0.15, 0.2) is 34.2 Å². The fraction of sp³-hybridized carbons (Fsp3) is 0.500. The van der Waals surface area contributed by atoms with Crippen LogP contribution in [0.25, 0.3) is 0 Å². The number of guanidine groups is 1. The van der Waals surface area contributed by atoms with Crippen LogP contribution in [0.1, 0.15) is 5.56 Å². The van der Waals surface area contributed by atoms with Crippen LogP contribution in [0, 0.1) is 0 Å². The molecule has 7 nitrogen and oxygen atoms in total. The lowest BCUT2D eigenvalue weighted by molar-refractivity contribution is 0.0674. The third-order valence-electron chi connectivity index (χ3n) is 3.48. The van der Waals surface area contributed by atoms with Gasteiger partial charge in [0.2, 0.25) is 10.0 Å². The van der Waals surface area contributed by atoms with Crippen LogP contribution in [0.2, 0.25) is 0 Å². The number of aliphatic imine (C=N–C) groups is 1. The molecule has 0 aromatic heterocycles. The molecule has 1 aromatic rings. The summed E-state index contributed by atoms with van der Waals surface area (Å²) in [7, 11) is -0.468. The number of rotatable bonds is 4. The first kappa shape index (κ1) is 16.7. The van der Waals surface area contributed by atoms with Crippen molar-refractivity contribution >= 4 is 16.0 Å². The van der Waals surface area contributed by atoms with E-state index in [0.717, 1.165) is 0 Å². The van der Waals surface area contributed by atoms with Gasteiger partial charge in [0.15, 0.2) is 5.96 Å². The lowest BCUT2D eigenvalue weighted by atomic mass is 10.2. The van der Waals surface area contributed by atoms with E-state index in [9.17, 15) is 8.42 Å². The van der Waals surface area contributed by atoms with Gasteiger partial charge in [0.25, 0.3) is 0 Å². The van der Waals surface area contributed by atoms with E-state index in [1.807, 2.05) is 4.90 Å². The first-order valence-corrected chi connectivity index (χ1v) is 8.50. The quantitative estimate of drug-likeness (QED) is 0.625. The van der Waals surface area contributed by atoms with Crippen LogP contribution in [0.4, 0.5) is 0 Å². The van der Waals surface area contributed by atoms with Gasteiger partial charge in [0, 0.05) is 27.2 Å². The Labute approximate surface area is 131 Å². The number of sulfonamides is 1. The summed E-state index contributed by atoms with van der Waals surface area (Å²) in [5.74, 6) is 0.417. The van der Waals surface area contributed by atoms with Gasteiger partial charge in [-0.15, -0.1) is 0 Å². The van der Waals surface area contributed by atoms with Crippen LogP contribution in [-0.4, -0.2) is 64.0 Å². The monoisotopic (exact) mass is 326 g/mol. The molecule has 0 spiro atoms. The fourth-order valence-corrected chi connectivity index (χ4v) is 3.25. The topological polar surface area (TPSA) is 88.2 Å². The number of hydrogen-bond donors (Lipinski definition) is 1. The van der Waals surface area contributed by atoms with Crippen molar-refractivity contribution < 1.29 is 13.2 Å². The molecule has 0 aliphatic carbocycles. The van der Waals surface area contributed by atoms with Crippen molar-refractivity contribution in [1.82, 2.24) is 9.21 Å². The van der Waals surface area contributed by atoms with E-state index in [1.165, 1.54) is 18.4 Å². The molecule has 0 radical (unpaired) electrons. The van der Waals surface area contributed by atoms with Crippen molar-refractivity contribution in [3.63, 3.8) is 0 Å². The minimum Gasteiger partial charge on any atom is -0.378 e. The van der Waals surface area contributed by atoms with Gasteiger partial charge in [-0.3, -0.25) is 0 Å². The average Bonchev–Trinajstić information content (AvgIpc) is 2.53. The Hall–Kier alpha value is -1.64. The number of morpholine rings is 1. The summed E-state index contributed by atoms with van der Waals surface area (Å²) in [4.78, 5) is 6.53. The molecule has 1 aliphatic rings. The molecule has 0 unspecified atom stereocenters. The molecule has 1 heterocycles. The highest BCUT2D eigenvalue weighted by molar-refractivity contribution is 7.89. The Morgan fingerprint density at radius 2 is 1.95 bits per heavy atom.